The van der Waals surface area contributed by atoms with Gasteiger partial charge in [0.2, 0.25) is 5.91 Å². The number of carbonyl (C=O) groups excluding carboxylic acids is 1. The molecule has 0 spiro atoms. The molecule has 3 rings (SSSR count). The van der Waals surface area contributed by atoms with Crippen molar-refractivity contribution in [1.29, 1.82) is 0 Å². The van der Waals surface area contributed by atoms with Crippen LogP contribution in [0.5, 0.6) is 0 Å². The molecular weight excluding hydrogens is 494 g/mol. The largest absolute Gasteiger partial charge is 0.378 e. The summed E-state index contributed by atoms with van der Waals surface area (Å²) in [6.07, 6.45) is -0.661. The van der Waals surface area contributed by atoms with Gasteiger partial charge in [-0.05, 0) is 38.1 Å². The van der Waals surface area contributed by atoms with Crippen LogP contribution in [0.15, 0.2) is 58.3 Å². The number of hydrogen-bond acceptors (Lipinski definition) is 8. The van der Waals surface area contributed by atoms with E-state index in [1.54, 1.807) is 36.2 Å². The SMILES string of the molecule is Cc1ccc(S(=O)(=O)OCC[C@H](COCC2CC(=O)N(C)C2)OS(=O)(=O)c2ccc(C)cc2)cc1. The quantitative estimate of drug-likeness (QED) is 0.389. The van der Waals surface area contributed by atoms with E-state index in [2.05, 4.69) is 0 Å². The Kier molecular flexibility index (Phi) is 9.05. The van der Waals surface area contributed by atoms with E-state index < -0.39 is 26.3 Å². The molecule has 1 aliphatic heterocycles. The molecule has 0 radical (unpaired) electrons. The molecule has 0 aromatic heterocycles. The van der Waals surface area contributed by atoms with Gasteiger partial charge in [-0.25, -0.2) is 0 Å². The maximum atomic E-state index is 12.8. The molecule has 0 aliphatic carbocycles. The highest BCUT2D eigenvalue weighted by molar-refractivity contribution is 7.87. The van der Waals surface area contributed by atoms with Gasteiger partial charge in [-0.2, -0.15) is 16.8 Å². The first kappa shape index (κ1) is 27.3. The third kappa shape index (κ3) is 7.84. The zero-order valence-electron chi connectivity index (χ0n) is 20.0. The minimum Gasteiger partial charge on any atom is -0.378 e. The molecule has 9 nitrogen and oxygen atoms in total. The van der Waals surface area contributed by atoms with E-state index in [0.717, 1.165) is 11.1 Å². The highest BCUT2D eigenvalue weighted by Gasteiger charge is 2.28. The molecule has 192 valence electrons. The Morgan fingerprint density at radius 2 is 1.46 bits per heavy atom. The average molecular weight is 526 g/mol. The van der Waals surface area contributed by atoms with Gasteiger partial charge < -0.3 is 9.64 Å². The summed E-state index contributed by atoms with van der Waals surface area (Å²) in [5, 5.41) is 0. The summed E-state index contributed by atoms with van der Waals surface area (Å²) < 4.78 is 66.7. The fourth-order valence-electron chi connectivity index (χ4n) is 3.60. The van der Waals surface area contributed by atoms with Crippen LogP contribution >= 0.6 is 0 Å². The monoisotopic (exact) mass is 525 g/mol. The lowest BCUT2D eigenvalue weighted by Crippen LogP contribution is -2.27. The normalized spacial score (nSPS) is 17.6. The lowest BCUT2D eigenvalue weighted by molar-refractivity contribution is -0.126. The van der Waals surface area contributed by atoms with Crippen LogP contribution in [-0.4, -0.2) is 67.2 Å². The molecule has 2 atom stereocenters. The molecule has 1 amide bonds. The Morgan fingerprint density at radius 3 is 1.97 bits per heavy atom. The number of nitrogens with zero attached hydrogens (tertiary/aromatic N) is 1. The summed E-state index contributed by atoms with van der Waals surface area (Å²) in [6.45, 7) is 4.09. The van der Waals surface area contributed by atoms with Crippen molar-refractivity contribution < 1.29 is 34.7 Å². The first-order valence-corrected chi connectivity index (χ1v) is 14.1. The molecule has 1 saturated heterocycles. The molecule has 0 saturated carbocycles. The zero-order chi connectivity index (χ0) is 25.6. The molecule has 2 aromatic rings. The number of aryl methyl sites for hydroxylation is 2. The summed E-state index contributed by atoms with van der Waals surface area (Å²) >= 11 is 0. The van der Waals surface area contributed by atoms with Gasteiger partial charge in [0.15, 0.2) is 0 Å². The lowest BCUT2D eigenvalue weighted by Gasteiger charge is -2.19. The van der Waals surface area contributed by atoms with Gasteiger partial charge in [-0.1, -0.05) is 35.4 Å². The third-order valence-corrected chi connectivity index (χ3v) is 8.34. The van der Waals surface area contributed by atoms with Crippen LogP contribution in [0, 0.1) is 19.8 Å². The topological polar surface area (TPSA) is 116 Å². The molecule has 0 N–H and O–H groups in total. The van der Waals surface area contributed by atoms with Crippen molar-refractivity contribution in [1.82, 2.24) is 4.90 Å². The Morgan fingerprint density at radius 1 is 0.914 bits per heavy atom. The van der Waals surface area contributed by atoms with Crippen molar-refractivity contribution in [3.63, 3.8) is 0 Å². The molecule has 35 heavy (non-hydrogen) atoms. The second kappa shape index (κ2) is 11.6. The van der Waals surface area contributed by atoms with Crippen LogP contribution < -0.4 is 0 Å². The third-order valence-electron chi connectivity index (χ3n) is 5.64. The second-order valence-electron chi connectivity index (χ2n) is 8.75. The van der Waals surface area contributed by atoms with Crippen LogP contribution in [0.1, 0.15) is 24.0 Å². The maximum Gasteiger partial charge on any atom is 0.297 e. The minimum absolute atomic E-state index is 0.0000193. The van der Waals surface area contributed by atoms with Crippen molar-refractivity contribution in [2.75, 3.05) is 33.4 Å². The summed E-state index contributed by atoms with van der Waals surface area (Å²) in [7, 11) is -6.40. The molecule has 1 unspecified atom stereocenters. The average Bonchev–Trinajstić information content (AvgIpc) is 3.11. The van der Waals surface area contributed by atoms with Gasteiger partial charge in [0.25, 0.3) is 20.2 Å². The predicted molar refractivity (Wildman–Crippen MR) is 129 cm³/mol. The lowest BCUT2D eigenvalue weighted by atomic mass is 10.1. The first-order valence-electron chi connectivity index (χ1n) is 11.2. The smallest absolute Gasteiger partial charge is 0.297 e. The number of likely N-dealkylation sites (tertiary alicyclic amines) is 1. The molecule has 1 heterocycles. The molecule has 0 bridgehead atoms. The predicted octanol–water partition coefficient (Wildman–Crippen LogP) is 2.67. The van der Waals surface area contributed by atoms with Gasteiger partial charge in [0, 0.05) is 32.4 Å². The van der Waals surface area contributed by atoms with Crippen molar-refractivity contribution in [2.24, 2.45) is 5.92 Å². The van der Waals surface area contributed by atoms with E-state index in [-0.39, 0.29) is 47.9 Å². The summed E-state index contributed by atoms with van der Waals surface area (Å²) in [5.41, 5.74) is 1.81. The fraction of sp³-hybridized carbons (Fsp3) is 0.458. The number of benzene rings is 2. The van der Waals surface area contributed by atoms with Gasteiger partial charge >= 0.3 is 0 Å². The number of carbonyl (C=O) groups is 1. The summed E-state index contributed by atoms with van der Waals surface area (Å²) in [5.74, 6) is 0.0306. The highest BCUT2D eigenvalue weighted by atomic mass is 32.2. The van der Waals surface area contributed by atoms with Crippen LogP contribution in [0.3, 0.4) is 0 Å². The highest BCUT2D eigenvalue weighted by Crippen LogP contribution is 2.20. The van der Waals surface area contributed by atoms with Gasteiger partial charge in [-0.15, -0.1) is 0 Å². The molecule has 11 heteroatoms. The Hall–Kier alpha value is -2.31. The van der Waals surface area contributed by atoms with Crippen molar-refractivity contribution in [3.8, 4) is 0 Å². The number of ether oxygens (including phenoxy) is 1. The van der Waals surface area contributed by atoms with E-state index in [9.17, 15) is 21.6 Å². The standard InChI is InChI=1S/C24H31NO8S2/c1-18-4-8-22(9-5-18)34(27,28)32-13-12-21(17-31-16-20-14-24(26)25(3)15-20)33-35(29,30)23-10-6-19(2)7-11-23/h4-11,20-21H,12-17H2,1-3H3/t20?,21-/m1/s1. The van der Waals surface area contributed by atoms with Crippen molar-refractivity contribution >= 4 is 26.1 Å². The van der Waals surface area contributed by atoms with Crippen LogP contribution in [0.25, 0.3) is 0 Å². The molecule has 1 aliphatic rings. The van der Waals surface area contributed by atoms with E-state index in [1.807, 2.05) is 13.8 Å². The van der Waals surface area contributed by atoms with E-state index in [4.69, 9.17) is 13.1 Å². The minimum atomic E-state index is -4.11. The number of hydrogen-bond donors (Lipinski definition) is 0. The van der Waals surface area contributed by atoms with Gasteiger partial charge in [-0.3, -0.25) is 13.2 Å². The zero-order valence-corrected chi connectivity index (χ0v) is 21.7. The van der Waals surface area contributed by atoms with Crippen LogP contribution in [0.2, 0.25) is 0 Å². The Balaban J connectivity index is 1.63. The van der Waals surface area contributed by atoms with E-state index in [1.165, 1.54) is 24.3 Å². The maximum absolute atomic E-state index is 12.8. The first-order chi connectivity index (χ1) is 16.5. The fourth-order valence-corrected chi connectivity index (χ4v) is 5.61. The molecule has 1 fully saturated rings. The Labute approximate surface area is 207 Å². The van der Waals surface area contributed by atoms with Crippen molar-refractivity contribution in [3.05, 3.63) is 59.7 Å². The van der Waals surface area contributed by atoms with Gasteiger partial charge in [0.05, 0.1) is 29.6 Å². The summed E-state index contributed by atoms with van der Waals surface area (Å²) in [4.78, 5) is 13.3. The Bertz CT molecular complexity index is 1210. The molecular formula is C24H31NO8S2. The van der Waals surface area contributed by atoms with Crippen LogP contribution in [-0.2, 0) is 38.1 Å². The van der Waals surface area contributed by atoms with Crippen LogP contribution in [0.4, 0.5) is 0 Å². The van der Waals surface area contributed by atoms with Crippen molar-refractivity contribution in [2.45, 2.75) is 42.6 Å². The second-order valence-corrected chi connectivity index (χ2v) is 11.9. The summed E-state index contributed by atoms with van der Waals surface area (Å²) in [6, 6.07) is 12.4. The van der Waals surface area contributed by atoms with E-state index >= 15 is 0 Å². The number of amides is 1. The van der Waals surface area contributed by atoms with Gasteiger partial charge in [0.1, 0.15) is 6.10 Å². The number of rotatable bonds is 12. The van der Waals surface area contributed by atoms with E-state index in [0.29, 0.717) is 13.0 Å². The molecule has 2 aromatic carbocycles.